The maximum Gasteiger partial charge on any atom is 0.313 e. The number of hydrogen-bond donors (Lipinski definition) is 1. The van der Waals surface area contributed by atoms with Gasteiger partial charge in [0.2, 0.25) is 17.7 Å². The van der Waals surface area contributed by atoms with E-state index in [1.165, 1.54) is 9.80 Å². The second-order valence-corrected chi connectivity index (χ2v) is 15.2. The molecule has 14 heteroatoms. The van der Waals surface area contributed by atoms with E-state index >= 15 is 0 Å². The van der Waals surface area contributed by atoms with Gasteiger partial charge in [0.05, 0.1) is 42.1 Å². The van der Waals surface area contributed by atoms with Crippen LogP contribution in [0.3, 0.4) is 0 Å². The Balaban J connectivity index is 1.36. The largest absolute Gasteiger partial charge is 0.455 e. The van der Waals surface area contributed by atoms with Gasteiger partial charge in [0.15, 0.2) is 0 Å². The number of likely N-dealkylation sites (tertiary alicyclic amines) is 1. The van der Waals surface area contributed by atoms with Crippen molar-refractivity contribution in [3.05, 3.63) is 85.5 Å². The minimum atomic E-state index is -1.39. The first-order chi connectivity index (χ1) is 25.5. The van der Waals surface area contributed by atoms with Crippen LogP contribution in [0.1, 0.15) is 51.2 Å². The molecule has 3 saturated heterocycles. The molecule has 0 radical (unpaired) electrons. The standard InChI is InChI=1S/C39H47BrN6O7/c1-6-9-19-30(48)43(5)24(4)33(25-15-11-10-12-16-25)52-38(51)31-32-36(49)46(26(8-3)22-47)35(39(32)21-27(40)34(31)53-39)37(50)44(20-7-2)23-45-29-18-14-13-17-28(29)41-42-45/h6-7,10-18,24,26-27,31-35,47H,1-2,8-9,19-23H2,3-5H3/t24-,26+,27?,31+,32-,33+,34+,35+,39-/m1/s1. The number of para-hydroxylation sites is 1. The van der Waals surface area contributed by atoms with Crippen molar-refractivity contribution in [1.29, 1.82) is 0 Å². The van der Waals surface area contributed by atoms with Crippen molar-refractivity contribution in [1.82, 2.24) is 29.7 Å². The number of halogens is 1. The third-order valence-electron chi connectivity index (χ3n) is 11.1. The molecule has 3 aliphatic rings. The van der Waals surface area contributed by atoms with Crippen LogP contribution in [0.4, 0.5) is 0 Å². The first kappa shape index (κ1) is 38.3. The first-order valence-electron chi connectivity index (χ1n) is 18.1. The molecular weight excluding hydrogens is 744 g/mol. The minimum Gasteiger partial charge on any atom is -0.455 e. The number of hydrogen-bond acceptors (Lipinski definition) is 9. The maximum absolute atomic E-state index is 15.0. The molecule has 3 aromatic rings. The lowest BCUT2D eigenvalue weighted by molar-refractivity contribution is -0.165. The third-order valence-corrected chi connectivity index (χ3v) is 11.9. The molecule has 1 unspecified atom stereocenters. The van der Waals surface area contributed by atoms with Crippen LogP contribution in [-0.2, 0) is 35.3 Å². The maximum atomic E-state index is 15.0. The molecule has 4 heterocycles. The number of benzene rings is 2. The fourth-order valence-corrected chi connectivity index (χ4v) is 9.22. The number of rotatable bonds is 16. The van der Waals surface area contributed by atoms with E-state index in [4.69, 9.17) is 9.47 Å². The molecule has 3 fully saturated rings. The van der Waals surface area contributed by atoms with Gasteiger partial charge in [0, 0.05) is 24.8 Å². The van der Waals surface area contributed by atoms with E-state index in [1.54, 1.807) is 28.8 Å². The van der Waals surface area contributed by atoms with Gasteiger partial charge in [-0.25, -0.2) is 4.68 Å². The number of esters is 1. The molecule has 1 spiro atoms. The normalized spacial score (nSPS) is 26.2. The minimum absolute atomic E-state index is 0.0167. The van der Waals surface area contributed by atoms with Crippen LogP contribution >= 0.6 is 15.9 Å². The Hall–Kier alpha value is -4.40. The number of aliphatic hydroxyl groups excluding tert-OH is 1. The number of carbonyl (C=O) groups excluding carboxylic acids is 4. The van der Waals surface area contributed by atoms with Gasteiger partial charge in [0.25, 0.3) is 0 Å². The Kier molecular flexibility index (Phi) is 11.5. The highest BCUT2D eigenvalue weighted by Crippen LogP contribution is 2.61. The molecular formula is C39H47BrN6O7. The number of fused-ring (bicyclic) bond motifs is 2. The monoisotopic (exact) mass is 790 g/mol. The number of ether oxygens (including phenoxy) is 2. The molecule has 2 bridgehead atoms. The van der Waals surface area contributed by atoms with Gasteiger partial charge in [-0.15, -0.1) is 18.3 Å². The molecule has 0 aliphatic carbocycles. The van der Waals surface area contributed by atoms with Crippen molar-refractivity contribution < 1.29 is 33.8 Å². The van der Waals surface area contributed by atoms with Gasteiger partial charge >= 0.3 is 5.97 Å². The van der Waals surface area contributed by atoms with Crippen molar-refractivity contribution in [3.8, 4) is 0 Å². The average Bonchev–Trinajstić information content (AvgIpc) is 3.89. The lowest BCUT2D eigenvalue weighted by Crippen LogP contribution is -2.59. The zero-order chi connectivity index (χ0) is 38.0. The smallest absolute Gasteiger partial charge is 0.313 e. The summed E-state index contributed by atoms with van der Waals surface area (Å²) in [5.74, 6) is -3.77. The summed E-state index contributed by atoms with van der Waals surface area (Å²) in [6, 6.07) is 14.1. The summed E-state index contributed by atoms with van der Waals surface area (Å²) < 4.78 is 14.7. The summed E-state index contributed by atoms with van der Waals surface area (Å²) in [6.07, 6.45) is 3.05. The summed E-state index contributed by atoms with van der Waals surface area (Å²) in [6.45, 7) is 11.0. The lowest BCUT2D eigenvalue weighted by atomic mass is 9.70. The second kappa shape index (κ2) is 15.9. The molecule has 13 nitrogen and oxygen atoms in total. The third kappa shape index (κ3) is 6.81. The zero-order valence-corrected chi connectivity index (χ0v) is 31.9. The van der Waals surface area contributed by atoms with E-state index in [0.29, 0.717) is 23.9 Å². The Morgan fingerprint density at radius 1 is 1.15 bits per heavy atom. The van der Waals surface area contributed by atoms with Crippen LogP contribution < -0.4 is 0 Å². The van der Waals surface area contributed by atoms with Crippen molar-refractivity contribution in [2.75, 3.05) is 20.2 Å². The molecule has 3 amide bonds. The van der Waals surface area contributed by atoms with Crippen molar-refractivity contribution >= 4 is 50.7 Å². The van der Waals surface area contributed by atoms with E-state index < -0.39 is 65.6 Å². The van der Waals surface area contributed by atoms with Gasteiger partial charge in [-0.1, -0.05) is 82.7 Å². The SMILES string of the molecule is C=CCCC(=O)N(C)[C@H](C)[C@H](OC(=O)[C@@H]1[C@H]2O[C@@]3(CC2Br)[C@H](C(=O)N(CC=C)Cn2nnc4ccccc42)N([C@@H](CC)CO)C(=O)[C@@H]13)c1ccccc1. The molecule has 2 aromatic carbocycles. The van der Waals surface area contributed by atoms with Crippen LogP contribution in [0.15, 0.2) is 79.9 Å². The molecule has 0 saturated carbocycles. The highest BCUT2D eigenvalue weighted by Gasteiger charge is 2.77. The lowest BCUT2D eigenvalue weighted by Gasteiger charge is -2.39. The quantitative estimate of drug-likeness (QED) is 0.129. The van der Waals surface area contributed by atoms with Crippen LogP contribution in [0, 0.1) is 11.8 Å². The van der Waals surface area contributed by atoms with Crippen LogP contribution in [0.5, 0.6) is 0 Å². The summed E-state index contributed by atoms with van der Waals surface area (Å²) in [7, 11) is 1.68. The molecule has 6 rings (SSSR count). The van der Waals surface area contributed by atoms with E-state index in [0.717, 1.165) is 5.52 Å². The highest BCUT2D eigenvalue weighted by atomic mass is 79.9. The average molecular weight is 792 g/mol. The summed E-state index contributed by atoms with van der Waals surface area (Å²) >= 11 is 3.74. The van der Waals surface area contributed by atoms with Crippen molar-refractivity contribution in [3.63, 3.8) is 0 Å². The molecule has 3 aliphatic heterocycles. The van der Waals surface area contributed by atoms with Gasteiger partial charge in [-0.2, -0.15) is 0 Å². The number of amides is 3. The van der Waals surface area contributed by atoms with Crippen molar-refractivity contribution in [2.45, 2.75) is 87.0 Å². The summed E-state index contributed by atoms with van der Waals surface area (Å²) in [4.78, 5) is 61.5. The number of aromatic nitrogens is 3. The van der Waals surface area contributed by atoms with Gasteiger partial charge < -0.3 is 29.3 Å². The molecule has 53 heavy (non-hydrogen) atoms. The number of allylic oxidation sites excluding steroid dienone is 1. The first-order valence-corrected chi connectivity index (χ1v) is 19.0. The van der Waals surface area contributed by atoms with E-state index in [1.807, 2.05) is 68.4 Å². The summed E-state index contributed by atoms with van der Waals surface area (Å²) in [5, 5.41) is 19.1. The second-order valence-electron chi connectivity index (χ2n) is 14.1. The Labute approximate surface area is 317 Å². The van der Waals surface area contributed by atoms with Gasteiger partial charge in [-0.3, -0.25) is 19.2 Å². The number of carbonyl (C=O) groups is 4. The Bertz CT molecular complexity index is 1850. The summed E-state index contributed by atoms with van der Waals surface area (Å²) in [5.41, 5.74) is 0.681. The van der Waals surface area contributed by atoms with Crippen LogP contribution in [0.25, 0.3) is 11.0 Å². The van der Waals surface area contributed by atoms with Crippen LogP contribution in [-0.4, -0.2) is 113 Å². The van der Waals surface area contributed by atoms with Gasteiger partial charge in [0.1, 0.15) is 29.9 Å². The zero-order valence-electron chi connectivity index (χ0n) is 30.3. The topological polar surface area (TPSA) is 147 Å². The number of alkyl halides is 1. The highest BCUT2D eigenvalue weighted by molar-refractivity contribution is 9.09. The van der Waals surface area contributed by atoms with Crippen molar-refractivity contribution in [2.24, 2.45) is 11.8 Å². The van der Waals surface area contributed by atoms with Gasteiger partial charge in [-0.05, 0) is 43.9 Å². The van der Waals surface area contributed by atoms with E-state index in [9.17, 15) is 24.3 Å². The number of likely N-dealkylation sites (N-methyl/N-ethyl adjacent to an activating group) is 1. The predicted molar refractivity (Wildman–Crippen MR) is 200 cm³/mol. The molecule has 1 aromatic heterocycles. The molecule has 9 atom stereocenters. The Morgan fingerprint density at radius 3 is 2.55 bits per heavy atom. The fourth-order valence-electron chi connectivity index (χ4n) is 8.28. The Morgan fingerprint density at radius 2 is 1.87 bits per heavy atom. The molecule has 282 valence electrons. The predicted octanol–water partition coefficient (Wildman–Crippen LogP) is 4.02. The van der Waals surface area contributed by atoms with E-state index in [-0.39, 0.29) is 43.4 Å². The molecule has 1 N–H and O–H groups in total. The number of aliphatic hydroxyl groups is 1. The fraction of sp³-hybridized carbons (Fsp3) is 0.487. The van der Waals surface area contributed by atoms with Crippen LogP contribution in [0.2, 0.25) is 0 Å². The number of nitrogens with zero attached hydrogens (tertiary/aromatic N) is 6. The van der Waals surface area contributed by atoms with E-state index in [2.05, 4.69) is 39.4 Å².